The molecule has 12 nitrogen and oxygen atoms in total. The van der Waals surface area contributed by atoms with Crippen molar-refractivity contribution in [2.24, 2.45) is 0 Å². The number of anilines is 1. The monoisotopic (exact) mass is 826 g/mol. The summed E-state index contributed by atoms with van der Waals surface area (Å²) in [6.45, 7) is 0.921. The summed E-state index contributed by atoms with van der Waals surface area (Å²) in [5.41, 5.74) is 6.85. The molecule has 1 unspecified atom stereocenters. The van der Waals surface area contributed by atoms with Crippen molar-refractivity contribution in [2.75, 3.05) is 5.32 Å². The quantitative estimate of drug-likeness (QED) is 0.0969. The summed E-state index contributed by atoms with van der Waals surface area (Å²) in [5, 5.41) is 26.0. The Kier molecular flexibility index (Phi) is 11.3. The molecule has 5 aromatic carbocycles. The van der Waals surface area contributed by atoms with E-state index in [1.54, 1.807) is 60.9 Å². The summed E-state index contributed by atoms with van der Waals surface area (Å²) < 4.78 is 12.2. The number of carbonyl (C=O) groups excluding carboxylic acids is 2. The van der Waals surface area contributed by atoms with Gasteiger partial charge in [-0.2, -0.15) is 5.26 Å². The van der Waals surface area contributed by atoms with Crippen molar-refractivity contribution in [1.82, 2.24) is 20.2 Å². The molecule has 0 saturated heterocycles. The molecule has 2 aliphatic heterocycles. The molecule has 1 aromatic heterocycles. The van der Waals surface area contributed by atoms with Crippen LogP contribution in [0.15, 0.2) is 116 Å². The van der Waals surface area contributed by atoms with Crippen molar-refractivity contribution in [2.45, 2.75) is 50.7 Å². The van der Waals surface area contributed by atoms with Crippen LogP contribution in [0.4, 0.5) is 5.69 Å². The third kappa shape index (κ3) is 8.93. The normalized spacial score (nSPS) is 16.4. The van der Waals surface area contributed by atoms with Gasteiger partial charge in [-0.15, -0.1) is 0 Å². The highest BCUT2D eigenvalue weighted by Gasteiger charge is 2.37. The number of benzene rings is 5. The molecule has 3 heterocycles. The molecule has 0 spiro atoms. The zero-order valence-corrected chi connectivity index (χ0v) is 32.8. The van der Waals surface area contributed by atoms with Gasteiger partial charge in [0.15, 0.2) is 0 Å². The van der Waals surface area contributed by atoms with Gasteiger partial charge in [0.2, 0.25) is 12.0 Å². The van der Waals surface area contributed by atoms with Gasteiger partial charge in [0.25, 0.3) is 5.91 Å². The number of halogens is 2. The zero-order chi connectivity index (χ0) is 41.0. The third-order valence-corrected chi connectivity index (χ3v) is 11.1. The number of carboxylic acid groups (broad SMARTS) is 1. The van der Waals surface area contributed by atoms with Crippen molar-refractivity contribution in [3.8, 4) is 28.7 Å². The topological polar surface area (TPSA) is 170 Å². The summed E-state index contributed by atoms with van der Waals surface area (Å²) in [7, 11) is 0. The van der Waals surface area contributed by atoms with E-state index >= 15 is 0 Å². The highest BCUT2D eigenvalue weighted by Crippen LogP contribution is 2.40. The summed E-state index contributed by atoms with van der Waals surface area (Å²) >= 11 is 12.2. The molecule has 0 fully saturated rings. The smallest absolute Gasteiger partial charge is 0.326 e. The second kappa shape index (κ2) is 17.1. The number of ether oxygens (including phenoxy) is 2. The minimum absolute atomic E-state index is 0.0722. The molecule has 0 radical (unpaired) electrons. The highest BCUT2D eigenvalue weighted by atomic mass is 35.5. The van der Waals surface area contributed by atoms with E-state index in [4.69, 9.17) is 37.9 Å². The fraction of sp³-hybridized carbons (Fsp3) is 0.178. The molecular formula is C45H36Cl2N6O6. The largest absolute Gasteiger partial charge is 0.489 e. The molecule has 2 amide bonds. The van der Waals surface area contributed by atoms with E-state index in [1.807, 2.05) is 59.5 Å². The SMILES string of the molecule is N#Cc1ccc(-c2ccc(C[C@H](NC(=O)C3Cc4cc5c(cc4CN3Cc3ncc[nH]3)O[C@@H](c3ccc(OCc4ccc(Cl)c(Cl)c4)cc3)C(=O)N5)C(=O)O)cc2)cc1. The molecule has 59 heavy (non-hydrogen) atoms. The van der Waals surface area contributed by atoms with Crippen LogP contribution in [0.1, 0.15) is 45.3 Å². The van der Waals surface area contributed by atoms with Crippen LogP contribution in [0.5, 0.6) is 11.5 Å². The summed E-state index contributed by atoms with van der Waals surface area (Å²) in [6.07, 6.45) is 2.76. The summed E-state index contributed by atoms with van der Waals surface area (Å²) in [5.74, 6) is -0.200. The minimum Gasteiger partial charge on any atom is -0.489 e. The lowest BCUT2D eigenvalue weighted by molar-refractivity contribution is -0.143. The maximum absolute atomic E-state index is 14.1. The molecule has 0 saturated carbocycles. The molecule has 2 aliphatic rings. The Morgan fingerprint density at radius 2 is 1.68 bits per heavy atom. The fourth-order valence-electron chi connectivity index (χ4n) is 7.27. The van der Waals surface area contributed by atoms with E-state index in [-0.39, 0.29) is 25.4 Å². The number of nitriles is 1. The van der Waals surface area contributed by atoms with Gasteiger partial charge in [-0.25, -0.2) is 9.78 Å². The second-order valence-electron chi connectivity index (χ2n) is 14.4. The van der Waals surface area contributed by atoms with Crippen LogP contribution in [0.3, 0.4) is 0 Å². The Morgan fingerprint density at radius 3 is 2.36 bits per heavy atom. The number of hydrogen-bond donors (Lipinski definition) is 4. The predicted molar refractivity (Wildman–Crippen MR) is 221 cm³/mol. The number of carboxylic acids is 1. The Hall–Kier alpha value is -6.65. The highest BCUT2D eigenvalue weighted by molar-refractivity contribution is 6.42. The number of hydrogen-bond acceptors (Lipinski definition) is 8. The first-order valence-electron chi connectivity index (χ1n) is 18.7. The van der Waals surface area contributed by atoms with Gasteiger partial charge in [-0.1, -0.05) is 77.8 Å². The van der Waals surface area contributed by atoms with Gasteiger partial charge in [0.1, 0.15) is 30.0 Å². The maximum atomic E-state index is 14.1. The van der Waals surface area contributed by atoms with Crippen LogP contribution in [0.2, 0.25) is 10.0 Å². The number of imidazole rings is 1. The Bertz CT molecular complexity index is 2560. The maximum Gasteiger partial charge on any atom is 0.326 e. The predicted octanol–water partition coefficient (Wildman–Crippen LogP) is 7.65. The average Bonchev–Trinajstić information content (AvgIpc) is 3.76. The van der Waals surface area contributed by atoms with Gasteiger partial charge >= 0.3 is 5.97 Å². The van der Waals surface area contributed by atoms with Gasteiger partial charge in [-0.05, 0) is 88.3 Å². The summed E-state index contributed by atoms with van der Waals surface area (Å²) in [4.78, 5) is 49.4. The van der Waals surface area contributed by atoms with Crippen LogP contribution in [0, 0.1) is 11.3 Å². The van der Waals surface area contributed by atoms with E-state index < -0.39 is 30.1 Å². The van der Waals surface area contributed by atoms with Gasteiger partial charge in [0.05, 0.1) is 40.0 Å². The first-order chi connectivity index (χ1) is 28.6. The van der Waals surface area contributed by atoms with Gasteiger partial charge in [0, 0.05) is 30.9 Å². The molecule has 296 valence electrons. The number of nitrogens with one attached hydrogen (secondary N) is 3. The first-order valence-corrected chi connectivity index (χ1v) is 19.5. The number of aromatic nitrogens is 2. The lowest BCUT2D eigenvalue weighted by Gasteiger charge is -2.37. The number of fused-ring (bicyclic) bond motifs is 2. The molecule has 14 heteroatoms. The third-order valence-electron chi connectivity index (χ3n) is 10.4. The first kappa shape index (κ1) is 39.2. The molecule has 3 atom stereocenters. The molecule has 8 rings (SSSR count). The number of nitrogens with zero attached hydrogens (tertiary/aromatic N) is 3. The van der Waals surface area contributed by atoms with E-state index in [2.05, 4.69) is 26.7 Å². The summed E-state index contributed by atoms with van der Waals surface area (Å²) in [6, 6.07) is 31.0. The van der Waals surface area contributed by atoms with E-state index in [1.165, 1.54) is 0 Å². The number of H-pyrrole nitrogens is 1. The Balaban J connectivity index is 0.962. The second-order valence-corrected chi connectivity index (χ2v) is 15.2. The minimum atomic E-state index is -1.19. The molecule has 0 aliphatic carbocycles. The molecular weight excluding hydrogens is 791 g/mol. The standard InChI is InChI=1S/C45H36Cl2N6O6/c46-35-14-5-28(17-36(35)47)25-58-34-12-10-31(11-13-34)42-44(55)51-37-19-32-20-39(53(24-41-49-15-16-50-41)23-33(32)21-40(37)59-42)43(54)52-38(45(56)57)18-26-1-6-29(7-2-26)30-8-3-27(22-48)4-9-30/h1-17,19,21,38-39,42H,18,20,23-25H2,(H,49,50)(H,51,55)(H,52,54)(H,56,57)/t38-,39?,42-/m0/s1. The number of carbonyl (C=O) groups is 3. The van der Waals surface area contributed by atoms with Crippen molar-refractivity contribution in [3.05, 3.63) is 165 Å². The van der Waals surface area contributed by atoms with Gasteiger partial charge in [-0.3, -0.25) is 14.5 Å². The van der Waals surface area contributed by atoms with Gasteiger partial charge < -0.3 is 30.2 Å². The van der Waals surface area contributed by atoms with Crippen LogP contribution < -0.4 is 20.1 Å². The van der Waals surface area contributed by atoms with E-state index in [9.17, 15) is 19.5 Å². The Labute approximate surface area is 349 Å². The van der Waals surface area contributed by atoms with Crippen LogP contribution in [-0.4, -0.2) is 49.8 Å². The van der Waals surface area contributed by atoms with Crippen molar-refractivity contribution < 1.29 is 29.0 Å². The average molecular weight is 828 g/mol. The zero-order valence-electron chi connectivity index (χ0n) is 31.3. The van der Waals surface area contributed by atoms with Crippen LogP contribution in [0.25, 0.3) is 11.1 Å². The van der Waals surface area contributed by atoms with Crippen molar-refractivity contribution >= 4 is 46.7 Å². The van der Waals surface area contributed by atoms with E-state index in [0.29, 0.717) is 57.3 Å². The van der Waals surface area contributed by atoms with Crippen LogP contribution >= 0.6 is 23.2 Å². The number of rotatable bonds is 12. The lowest BCUT2D eigenvalue weighted by Crippen LogP contribution is -2.54. The molecule has 0 bridgehead atoms. The molecule has 4 N–H and O–H groups in total. The van der Waals surface area contributed by atoms with Crippen molar-refractivity contribution in [3.63, 3.8) is 0 Å². The van der Waals surface area contributed by atoms with Crippen molar-refractivity contribution in [1.29, 1.82) is 5.26 Å². The Morgan fingerprint density at radius 1 is 0.949 bits per heavy atom. The molecule has 6 aromatic rings. The number of amides is 2. The fourth-order valence-corrected chi connectivity index (χ4v) is 7.59. The van der Waals surface area contributed by atoms with E-state index in [0.717, 1.165) is 33.4 Å². The number of aliphatic carboxylic acids is 1. The number of aromatic amines is 1. The van der Waals surface area contributed by atoms with Crippen LogP contribution in [-0.2, 0) is 46.9 Å². The lowest BCUT2D eigenvalue weighted by atomic mass is 9.91.